The molecule has 1 saturated heterocycles. The first kappa shape index (κ1) is 9.52. The second-order valence-electron chi connectivity index (χ2n) is 3.71. The molecule has 70 valence electrons. The van der Waals surface area contributed by atoms with Crippen LogP contribution < -0.4 is 0 Å². The number of carbonyl (C=O) groups is 1. The fourth-order valence-electron chi connectivity index (χ4n) is 1.59. The van der Waals surface area contributed by atoms with E-state index in [4.69, 9.17) is 9.84 Å². The molecule has 3 nitrogen and oxygen atoms in total. The molecule has 12 heavy (non-hydrogen) atoms. The van der Waals surface area contributed by atoms with Gasteiger partial charge in [-0.2, -0.15) is 0 Å². The molecule has 1 fully saturated rings. The van der Waals surface area contributed by atoms with E-state index in [1.807, 2.05) is 20.8 Å². The number of carbonyl (C=O) groups excluding carboxylic acids is 1. The molecular weight excluding hydrogens is 156 g/mol. The number of hydrogen-bond donors (Lipinski definition) is 1. The standard InChI is InChI=1S/C9H16O3/c1-5(4-10)8-6(2)7(3)9(11)12-8/h5-8,10H,4H2,1-3H3/t5-,6?,7?,8?/m0/s1. The molecule has 1 rings (SSSR count). The molecule has 0 spiro atoms. The normalized spacial score (nSPS) is 38.0. The fraction of sp³-hybridized carbons (Fsp3) is 0.889. The molecule has 3 heteroatoms. The van der Waals surface area contributed by atoms with Gasteiger partial charge in [0.15, 0.2) is 0 Å². The predicted octanol–water partition coefficient (Wildman–Crippen LogP) is 0.812. The molecule has 0 bridgehead atoms. The number of esters is 1. The molecule has 0 aromatic rings. The van der Waals surface area contributed by atoms with Gasteiger partial charge in [0, 0.05) is 18.4 Å². The van der Waals surface area contributed by atoms with Crippen molar-refractivity contribution in [1.29, 1.82) is 0 Å². The Morgan fingerprint density at radius 2 is 2.17 bits per heavy atom. The molecular formula is C9H16O3. The molecule has 1 aliphatic rings. The SMILES string of the molecule is CC1C(=O)OC([C@@H](C)CO)C1C. The van der Waals surface area contributed by atoms with Crippen LogP contribution in [0.4, 0.5) is 0 Å². The lowest BCUT2D eigenvalue weighted by atomic mass is 9.88. The van der Waals surface area contributed by atoms with E-state index >= 15 is 0 Å². The van der Waals surface area contributed by atoms with Crippen LogP contribution in [0.3, 0.4) is 0 Å². The van der Waals surface area contributed by atoms with Gasteiger partial charge in [-0.1, -0.05) is 20.8 Å². The quantitative estimate of drug-likeness (QED) is 0.627. The summed E-state index contributed by atoms with van der Waals surface area (Å²) in [6.07, 6.45) is -0.0995. The zero-order chi connectivity index (χ0) is 9.30. The van der Waals surface area contributed by atoms with Crippen molar-refractivity contribution in [3.05, 3.63) is 0 Å². The van der Waals surface area contributed by atoms with Crippen molar-refractivity contribution < 1.29 is 14.6 Å². The van der Waals surface area contributed by atoms with Gasteiger partial charge >= 0.3 is 5.97 Å². The molecule has 1 heterocycles. The zero-order valence-corrected chi connectivity index (χ0v) is 7.78. The highest BCUT2D eigenvalue weighted by molar-refractivity contribution is 5.74. The van der Waals surface area contributed by atoms with Crippen molar-refractivity contribution >= 4 is 5.97 Å². The Morgan fingerprint density at radius 3 is 2.50 bits per heavy atom. The lowest BCUT2D eigenvalue weighted by Crippen LogP contribution is -2.26. The van der Waals surface area contributed by atoms with E-state index in [-0.39, 0.29) is 36.4 Å². The summed E-state index contributed by atoms with van der Waals surface area (Å²) in [5.74, 6) is 0.116. The Labute approximate surface area is 72.7 Å². The van der Waals surface area contributed by atoms with Crippen LogP contribution in [-0.4, -0.2) is 23.8 Å². The number of cyclic esters (lactones) is 1. The van der Waals surface area contributed by atoms with Gasteiger partial charge in [-0.25, -0.2) is 0 Å². The molecule has 3 unspecified atom stereocenters. The van der Waals surface area contributed by atoms with Crippen molar-refractivity contribution in [3.63, 3.8) is 0 Å². The Kier molecular flexibility index (Phi) is 2.73. The first-order valence-electron chi connectivity index (χ1n) is 4.39. The van der Waals surface area contributed by atoms with E-state index in [1.54, 1.807) is 0 Å². The molecule has 0 aliphatic carbocycles. The molecule has 4 atom stereocenters. The van der Waals surface area contributed by atoms with E-state index in [0.29, 0.717) is 0 Å². The van der Waals surface area contributed by atoms with Crippen LogP contribution >= 0.6 is 0 Å². The maximum Gasteiger partial charge on any atom is 0.309 e. The second-order valence-corrected chi connectivity index (χ2v) is 3.71. The van der Waals surface area contributed by atoms with E-state index in [0.717, 1.165) is 0 Å². The summed E-state index contributed by atoms with van der Waals surface area (Å²) in [6.45, 7) is 5.84. The second kappa shape index (κ2) is 3.44. The summed E-state index contributed by atoms with van der Waals surface area (Å²) in [6, 6.07) is 0. The summed E-state index contributed by atoms with van der Waals surface area (Å²) < 4.78 is 5.14. The predicted molar refractivity (Wildman–Crippen MR) is 44.5 cm³/mol. The van der Waals surface area contributed by atoms with Gasteiger partial charge in [0.2, 0.25) is 0 Å². The van der Waals surface area contributed by atoms with Crippen LogP contribution in [0.25, 0.3) is 0 Å². The average molecular weight is 172 g/mol. The van der Waals surface area contributed by atoms with Crippen molar-refractivity contribution in [2.45, 2.75) is 26.9 Å². The molecule has 0 aromatic heterocycles. The zero-order valence-electron chi connectivity index (χ0n) is 7.78. The fourth-order valence-corrected chi connectivity index (χ4v) is 1.59. The van der Waals surface area contributed by atoms with Crippen molar-refractivity contribution in [2.24, 2.45) is 17.8 Å². The van der Waals surface area contributed by atoms with Crippen LogP contribution in [-0.2, 0) is 9.53 Å². The van der Waals surface area contributed by atoms with Crippen LogP contribution in [0.2, 0.25) is 0 Å². The highest BCUT2D eigenvalue weighted by atomic mass is 16.6. The molecule has 1 aliphatic heterocycles. The average Bonchev–Trinajstić information content (AvgIpc) is 2.32. The number of rotatable bonds is 2. The maximum absolute atomic E-state index is 11.1. The third kappa shape index (κ3) is 1.46. The van der Waals surface area contributed by atoms with Crippen LogP contribution in [0.5, 0.6) is 0 Å². The highest BCUT2D eigenvalue weighted by Crippen LogP contribution is 2.31. The van der Waals surface area contributed by atoms with Gasteiger partial charge in [-0.15, -0.1) is 0 Å². The lowest BCUT2D eigenvalue weighted by Gasteiger charge is -2.19. The van der Waals surface area contributed by atoms with Crippen LogP contribution in [0, 0.1) is 17.8 Å². The third-order valence-electron chi connectivity index (χ3n) is 2.78. The minimum absolute atomic E-state index is 0.0241. The van der Waals surface area contributed by atoms with Gasteiger partial charge in [-0.3, -0.25) is 4.79 Å². The van der Waals surface area contributed by atoms with Gasteiger partial charge in [0.25, 0.3) is 0 Å². The number of ether oxygens (including phenoxy) is 1. The molecule has 0 saturated carbocycles. The first-order chi connectivity index (χ1) is 5.57. The molecule has 0 aromatic carbocycles. The Hall–Kier alpha value is -0.570. The Balaban J connectivity index is 2.64. The van der Waals surface area contributed by atoms with Crippen LogP contribution in [0.1, 0.15) is 20.8 Å². The largest absolute Gasteiger partial charge is 0.461 e. The molecule has 0 amide bonds. The van der Waals surface area contributed by atoms with E-state index in [2.05, 4.69) is 0 Å². The van der Waals surface area contributed by atoms with Gasteiger partial charge in [0.1, 0.15) is 6.10 Å². The summed E-state index contributed by atoms with van der Waals surface area (Å²) in [7, 11) is 0. The summed E-state index contributed by atoms with van der Waals surface area (Å²) in [4.78, 5) is 11.1. The van der Waals surface area contributed by atoms with E-state index < -0.39 is 0 Å². The summed E-state index contributed by atoms with van der Waals surface area (Å²) in [5.41, 5.74) is 0. The molecule has 0 radical (unpaired) electrons. The number of hydrogen-bond acceptors (Lipinski definition) is 3. The topological polar surface area (TPSA) is 46.5 Å². The summed E-state index contributed by atoms with van der Waals surface area (Å²) in [5, 5.41) is 8.89. The van der Waals surface area contributed by atoms with Crippen molar-refractivity contribution in [1.82, 2.24) is 0 Å². The Bertz CT molecular complexity index is 179. The number of aliphatic hydroxyl groups excluding tert-OH is 1. The monoisotopic (exact) mass is 172 g/mol. The van der Waals surface area contributed by atoms with Crippen molar-refractivity contribution in [2.75, 3.05) is 6.61 Å². The van der Waals surface area contributed by atoms with E-state index in [9.17, 15) is 4.79 Å². The minimum Gasteiger partial charge on any atom is -0.461 e. The minimum atomic E-state index is -0.132. The van der Waals surface area contributed by atoms with Crippen molar-refractivity contribution in [3.8, 4) is 0 Å². The lowest BCUT2D eigenvalue weighted by molar-refractivity contribution is -0.145. The van der Waals surface area contributed by atoms with Gasteiger partial charge in [-0.05, 0) is 0 Å². The van der Waals surface area contributed by atoms with Crippen LogP contribution in [0.15, 0.2) is 0 Å². The highest BCUT2D eigenvalue weighted by Gasteiger charge is 2.41. The maximum atomic E-state index is 11.1. The first-order valence-corrected chi connectivity index (χ1v) is 4.39. The number of aliphatic hydroxyl groups is 1. The van der Waals surface area contributed by atoms with Gasteiger partial charge < -0.3 is 9.84 Å². The Morgan fingerprint density at radius 1 is 1.58 bits per heavy atom. The smallest absolute Gasteiger partial charge is 0.309 e. The van der Waals surface area contributed by atoms with E-state index in [1.165, 1.54) is 0 Å². The summed E-state index contributed by atoms with van der Waals surface area (Å²) >= 11 is 0. The third-order valence-corrected chi connectivity index (χ3v) is 2.78. The van der Waals surface area contributed by atoms with Gasteiger partial charge in [0.05, 0.1) is 5.92 Å². The molecule has 1 N–H and O–H groups in total.